The van der Waals surface area contributed by atoms with Crippen molar-refractivity contribution < 1.29 is 9.47 Å². The van der Waals surface area contributed by atoms with E-state index in [0.29, 0.717) is 34.8 Å². The molecule has 108 valence electrons. The lowest BCUT2D eigenvalue weighted by molar-refractivity contribution is 0.262. The van der Waals surface area contributed by atoms with Crippen molar-refractivity contribution in [2.24, 2.45) is 0 Å². The summed E-state index contributed by atoms with van der Waals surface area (Å²) in [4.78, 5) is 0. The second kappa shape index (κ2) is 8.55. The van der Waals surface area contributed by atoms with Crippen molar-refractivity contribution in [3.8, 4) is 11.5 Å². The summed E-state index contributed by atoms with van der Waals surface area (Å²) >= 11 is 12.4. The maximum atomic E-state index is 6.26. The van der Waals surface area contributed by atoms with Gasteiger partial charge < -0.3 is 9.47 Å². The minimum Gasteiger partial charge on any atom is -0.490 e. The summed E-state index contributed by atoms with van der Waals surface area (Å²) < 4.78 is 11.5. The molecule has 0 spiro atoms. The third-order valence-corrected chi connectivity index (χ3v) is 3.75. The molecule has 0 unspecified atom stereocenters. The summed E-state index contributed by atoms with van der Waals surface area (Å²) in [5, 5.41) is 0.986. The average Bonchev–Trinajstić information content (AvgIpc) is 2.40. The molecule has 0 bridgehead atoms. The Labute approximate surface area is 126 Å². The molecule has 0 heterocycles. The van der Waals surface area contributed by atoms with E-state index in [0.717, 1.165) is 31.2 Å². The molecule has 0 atom stereocenters. The molecule has 0 aliphatic rings. The standard InChI is InChI=1S/C15H22Cl2O2/c1-4-6-8-18-12-10-11(3)13(16)14(17)15(12)19-9-7-5-2/h10H,4-9H2,1-3H3. The Balaban J connectivity index is 2.90. The van der Waals surface area contributed by atoms with Crippen LogP contribution in [0, 0.1) is 6.92 Å². The van der Waals surface area contributed by atoms with Gasteiger partial charge in [0.15, 0.2) is 11.5 Å². The van der Waals surface area contributed by atoms with Crippen LogP contribution < -0.4 is 9.47 Å². The number of rotatable bonds is 8. The highest BCUT2D eigenvalue weighted by atomic mass is 35.5. The first-order valence-corrected chi connectivity index (χ1v) is 7.61. The first-order valence-electron chi connectivity index (χ1n) is 6.86. The maximum Gasteiger partial charge on any atom is 0.181 e. The zero-order valence-electron chi connectivity index (χ0n) is 11.9. The van der Waals surface area contributed by atoms with Gasteiger partial charge in [-0.1, -0.05) is 49.9 Å². The van der Waals surface area contributed by atoms with Gasteiger partial charge in [0, 0.05) is 0 Å². The van der Waals surface area contributed by atoms with Crippen LogP contribution in [0.5, 0.6) is 11.5 Å². The molecule has 0 saturated carbocycles. The van der Waals surface area contributed by atoms with Gasteiger partial charge in [0.25, 0.3) is 0 Å². The Morgan fingerprint density at radius 3 is 2.11 bits per heavy atom. The Kier molecular flexibility index (Phi) is 7.40. The highest BCUT2D eigenvalue weighted by Gasteiger charge is 2.16. The second-order valence-corrected chi connectivity index (χ2v) is 5.31. The number of benzene rings is 1. The number of hydrogen-bond donors (Lipinski definition) is 0. The minimum absolute atomic E-state index is 0.448. The number of aryl methyl sites for hydroxylation is 1. The molecule has 0 radical (unpaired) electrons. The van der Waals surface area contributed by atoms with Crippen molar-refractivity contribution in [2.75, 3.05) is 13.2 Å². The van der Waals surface area contributed by atoms with Crippen LogP contribution in [0.3, 0.4) is 0 Å². The van der Waals surface area contributed by atoms with Crippen LogP contribution in [0.1, 0.15) is 45.1 Å². The van der Waals surface area contributed by atoms with E-state index in [1.807, 2.05) is 13.0 Å². The summed E-state index contributed by atoms with van der Waals surface area (Å²) in [5.41, 5.74) is 0.904. The molecule has 0 fully saturated rings. The summed E-state index contributed by atoms with van der Waals surface area (Å²) in [7, 11) is 0. The molecular formula is C15H22Cl2O2. The monoisotopic (exact) mass is 304 g/mol. The van der Waals surface area contributed by atoms with Gasteiger partial charge in [-0.2, -0.15) is 0 Å². The van der Waals surface area contributed by atoms with Gasteiger partial charge in [-0.25, -0.2) is 0 Å². The van der Waals surface area contributed by atoms with Crippen LogP contribution in [0.25, 0.3) is 0 Å². The first kappa shape index (κ1) is 16.5. The van der Waals surface area contributed by atoms with Gasteiger partial charge in [0.05, 0.1) is 18.2 Å². The fourth-order valence-corrected chi connectivity index (χ4v) is 2.03. The molecular weight excluding hydrogens is 283 g/mol. The van der Waals surface area contributed by atoms with Crippen molar-refractivity contribution >= 4 is 23.2 Å². The third-order valence-electron chi connectivity index (χ3n) is 2.81. The number of ether oxygens (including phenoxy) is 2. The molecule has 1 rings (SSSR count). The number of unbranched alkanes of at least 4 members (excludes halogenated alkanes) is 2. The Morgan fingerprint density at radius 2 is 1.53 bits per heavy atom. The van der Waals surface area contributed by atoms with Gasteiger partial charge in [-0.3, -0.25) is 0 Å². The lowest BCUT2D eigenvalue weighted by atomic mass is 10.2. The molecule has 1 aromatic carbocycles. The SMILES string of the molecule is CCCCOc1cc(C)c(Cl)c(Cl)c1OCCCC. The highest BCUT2D eigenvalue weighted by Crippen LogP contribution is 2.42. The molecule has 0 aliphatic carbocycles. The Bertz CT molecular complexity index is 406. The van der Waals surface area contributed by atoms with Crippen molar-refractivity contribution in [3.05, 3.63) is 21.7 Å². The van der Waals surface area contributed by atoms with Crippen molar-refractivity contribution in [1.82, 2.24) is 0 Å². The van der Waals surface area contributed by atoms with Gasteiger partial charge >= 0.3 is 0 Å². The number of hydrogen-bond acceptors (Lipinski definition) is 2. The summed E-state index contributed by atoms with van der Waals surface area (Å²) in [6.07, 6.45) is 4.15. The van der Waals surface area contributed by atoms with E-state index in [1.54, 1.807) is 0 Å². The normalized spacial score (nSPS) is 10.6. The second-order valence-electron chi connectivity index (χ2n) is 4.55. The van der Waals surface area contributed by atoms with Gasteiger partial charge in [0.1, 0.15) is 5.02 Å². The van der Waals surface area contributed by atoms with E-state index < -0.39 is 0 Å². The van der Waals surface area contributed by atoms with Gasteiger partial charge in [0.2, 0.25) is 0 Å². The fourth-order valence-electron chi connectivity index (χ4n) is 1.59. The van der Waals surface area contributed by atoms with Crippen molar-refractivity contribution in [3.63, 3.8) is 0 Å². The smallest absolute Gasteiger partial charge is 0.181 e. The van der Waals surface area contributed by atoms with E-state index in [-0.39, 0.29) is 0 Å². The quantitative estimate of drug-likeness (QED) is 0.577. The van der Waals surface area contributed by atoms with Crippen LogP contribution in [-0.4, -0.2) is 13.2 Å². The topological polar surface area (TPSA) is 18.5 Å². The van der Waals surface area contributed by atoms with Crippen LogP contribution in [0.4, 0.5) is 0 Å². The van der Waals surface area contributed by atoms with Crippen molar-refractivity contribution in [2.45, 2.75) is 46.5 Å². The molecule has 0 saturated heterocycles. The highest BCUT2D eigenvalue weighted by molar-refractivity contribution is 6.43. The van der Waals surface area contributed by atoms with Gasteiger partial charge in [-0.05, 0) is 31.4 Å². The third kappa shape index (κ3) is 4.77. The summed E-state index contributed by atoms with van der Waals surface area (Å²) in [6, 6.07) is 1.89. The van der Waals surface area contributed by atoms with E-state index in [1.165, 1.54) is 0 Å². The largest absolute Gasteiger partial charge is 0.490 e. The van der Waals surface area contributed by atoms with Crippen molar-refractivity contribution in [1.29, 1.82) is 0 Å². The lowest BCUT2D eigenvalue weighted by Crippen LogP contribution is -2.03. The summed E-state index contributed by atoms with van der Waals surface area (Å²) in [5.74, 6) is 1.26. The molecule has 19 heavy (non-hydrogen) atoms. The maximum absolute atomic E-state index is 6.26. The number of halogens is 2. The van der Waals surface area contributed by atoms with Gasteiger partial charge in [-0.15, -0.1) is 0 Å². The molecule has 0 aliphatic heterocycles. The molecule has 0 N–H and O–H groups in total. The predicted molar refractivity (Wildman–Crippen MR) is 82.0 cm³/mol. The molecule has 1 aromatic rings. The van der Waals surface area contributed by atoms with E-state index in [2.05, 4.69) is 13.8 Å². The van der Waals surface area contributed by atoms with Crippen LogP contribution in [0.15, 0.2) is 6.07 Å². The predicted octanol–water partition coefficient (Wildman–Crippen LogP) is 5.66. The van der Waals surface area contributed by atoms with E-state index in [4.69, 9.17) is 32.7 Å². The first-order chi connectivity index (χ1) is 9.11. The lowest BCUT2D eigenvalue weighted by Gasteiger charge is -2.16. The van der Waals surface area contributed by atoms with Crippen LogP contribution >= 0.6 is 23.2 Å². The van der Waals surface area contributed by atoms with E-state index in [9.17, 15) is 0 Å². The van der Waals surface area contributed by atoms with Crippen LogP contribution in [-0.2, 0) is 0 Å². The van der Waals surface area contributed by atoms with Crippen LogP contribution in [0.2, 0.25) is 10.0 Å². The molecule has 2 nitrogen and oxygen atoms in total. The molecule has 0 aromatic heterocycles. The Hall–Kier alpha value is -0.600. The minimum atomic E-state index is 0.448. The molecule has 4 heteroatoms. The Morgan fingerprint density at radius 1 is 0.947 bits per heavy atom. The zero-order valence-corrected chi connectivity index (χ0v) is 13.4. The van der Waals surface area contributed by atoms with E-state index >= 15 is 0 Å². The zero-order chi connectivity index (χ0) is 14.3. The molecule has 0 amide bonds. The average molecular weight is 305 g/mol. The fraction of sp³-hybridized carbons (Fsp3) is 0.600. The summed E-state index contributed by atoms with van der Waals surface area (Å²) in [6.45, 7) is 7.45.